The average molecular weight is 392 g/mol. The summed E-state index contributed by atoms with van der Waals surface area (Å²) in [5.41, 5.74) is 1.06. The van der Waals surface area contributed by atoms with Crippen molar-refractivity contribution in [3.8, 4) is 0 Å². The highest BCUT2D eigenvalue weighted by Crippen LogP contribution is 2.28. The van der Waals surface area contributed by atoms with E-state index in [1.54, 1.807) is 48.5 Å². The Morgan fingerprint density at radius 1 is 1.03 bits per heavy atom. The van der Waals surface area contributed by atoms with Crippen molar-refractivity contribution in [1.29, 1.82) is 0 Å². The van der Waals surface area contributed by atoms with Crippen molar-refractivity contribution in [3.63, 3.8) is 0 Å². The molecule has 146 valence electrons. The maximum atomic E-state index is 12.5. The molecule has 29 heavy (non-hydrogen) atoms. The zero-order chi connectivity index (χ0) is 20.4. The molecule has 0 unspecified atom stereocenters. The van der Waals surface area contributed by atoms with Gasteiger partial charge >= 0.3 is 5.97 Å². The third-order valence-corrected chi connectivity index (χ3v) is 4.52. The molecule has 0 fully saturated rings. The van der Waals surface area contributed by atoms with E-state index in [0.29, 0.717) is 27.8 Å². The first-order valence-corrected chi connectivity index (χ1v) is 8.84. The number of hydrogen-bond donors (Lipinski definition) is 2. The average Bonchev–Trinajstić information content (AvgIpc) is 2.73. The molecule has 0 saturated heterocycles. The minimum atomic E-state index is -0.669. The molecule has 2 amide bonds. The Hall–Kier alpha value is -4.01. The van der Waals surface area contributed by atoms with Gasteiger partial charge in [0.05, 0.1) is 28.9 Å². The van der Waals surface area contributed by atoms with Gasteiger partial charge in [0.1, 0.15) is 6.54 Å². The van der Waals surface area contributed by atoms with Crippen LogP contribution >= 0.6 is 0 Å². The van der Waals surface area contributed by atoms with Gasteiger partial charge < -0.3 is 10.1 Å². The van der Waals surface area contributed by atoms with Crippen LogP contribution in [0.5, 0.6) is 0 Å². The Morgan fingerprint density at radius 2 is 1.76 bits per heavy atom. The lowest BCUT2D eigenvalue weighted by Gasteiger charge is -2.28. The number of ether oxygens (including phenoxy) is 1. The standard InChI is InChI=1S/C20H16N4O5/c25-17-10-24(16-8-4-3-7-14(16)21-17)18(26)11-29-19(27)9-15-12-5-1-2-6-13(12)20(28)23-22-15/h1-8H,9-11H2,(H,21,25)(H,23,28). The van der Waals surface area contributed by atoms with Crippen LogP contribution in [0.1, 0.15) is 5.69 Å². The summed E-state index contributed by atoms with van der Waals surface area (Å²) in [4.78, 5) is 49.7. The van der Waals surface area contributed by atoms with Gasteiger partial charge in [0.15, 0.2) is 6.61 Å². The van der Waals surface area contributed by atoms with E-state index in [4.69, 9.17) is 4.74 Å². The topological polar surface area (TPSA) is 121 Å². The number of carbonyl (C=O) groups is 3. The van der Waals surface area contributed by atoms with E-state index in [2.05, 4.69) is 15.5 Å². The lowest BCUT2D eigenvalue weighted by molar-refractivity contribution is -0.147. The van der Waals surface area contributed by atoms with Crippen LogP contribution in [0.4, 0.5) is 11.4 Å². The number of fused-ring (bicyclic) bond motifs is 2. The predicted molar refractivity (Wildman–Crippen MR) is 104 cm³/mol. The number of carbonyl (C=O) groups excluding carboxylic acids is 3. The number of aromatic amines is 1. The fraction of sp³-hybridized carbons (Fsp3) is 0.150. The Bertz CT molecular complexity index is 1190. The van der Waals surface area contributed by atoms with Crippen molar-refractivity contribution >= 4 is 39.9 Å². The smallest absolute Gasteiger partial charge is 0.312 e. The van der Waals surface area contributed by atoms with Gasteiger partial charge in [0, 0.05) is 5.39 Å². The fourth-order valence-corrected chi connectivity index (χ4v) is 3.17. The number of amides is 2. The van der Waals surface area contributed by atoms with Gasteiger partial charge in [-0.1, -0.05) is 30.3 Å². The lowest BCUT2D eigenvalue weighted by atomic mass is 10.1. The summed E-state index contributed by atoms with van der Waals surface area (Å²) in [6, 6.07) is 13.6. The van der Waals surface area contributed by atoms with Gasteiger partial charge in [-0.15, -0.1) is 0 Å². The van der Waals surface area contributed by atoms with Crippen molar-refractivity contribution < 1.29 is 19.1 Å². The summed E-state index contributed by atoms with van der Waals surface area (Å²) in [5.74, 6) is -1.51. The SMILES string of the molecule is O=C1CN(C(=O)COC(=O)Cc2n[nH]c(=O)c3ccccc23)c2ccccc2N1. The van der Waals surface area contributed by atoms with Gasteiger partial charge in [-0.25, -0.2) is 5.10 Å². The van der Waals surface area contributed by atoms with Gasteiger partial charge in [-0.2, -0.15) is 5.10 Å². The monoisotopic (exact) mass is 392 g/mol. The van der Waals surface area contributed by atoms with Crippen LogP contribution in [0.25, 0.3) is 10.8 Å². The molecule has 9 nitrogen and oxygen atoms in total. The number of nitrogens with one attached hydrogen (secondary N) is 2. The first kappa shape index (κ1) is 18.4. The molecule has 3 aromatic rings. The molecule has 0 radical (unpaired) electrons. The van der Waals surface area contributed by atoms with Crippen LogP contribution in [-0.4, -0.2) is 41.1 Å². The summed E-state index contributed by atoms with van der Waals surface area (Å²) in [5, 5.41) is 9.91. The van der Waals surface area contributed by atoms with E-state index in [-0.39, 0.29) is 24.4 Å². The molecule has 0 spiro atoms. The number of para-hydroxylation sites is 2. The van der Waals surface area contributed by atoms with Crippen LogP contribution in [0, 0.1) is 0 Å². The van der Waals surface area contributed by atoms with E-state index < -0.39 is 18.5 Å². The number of rotatable bonds is 4. The maximum Gasteiger partial charge on any atom is 0.312 e. The van der Waals surface area contributed by atoms with E-state index in [1.807, 2.05) is 0 Å². The summed E-state index contributed by atoms with van der Waals surface area (Å²) in [6.07, 6.45) is -0.207. The van der Waals surface area contributed by atoms with Crippen LogP contribution in [0.2, 0.25) is 0 Å². The molecule has 1 aromatic heterocycles. The molecule has 9 heteroatoms. The first-order valence-electron chi connectivity index (χ1n) is 8.84. The van der Waals surface area contributed by atoms with Crippen LogP contribution in [0.3, 0.4) is 0 Å². The van der Waals surface area contributed by atoms with Crippen molar-refractivity contribution in [3.05, 3.63) is 64.6 Å². The second-order valence-electron chi connectivity index (χ2n) is 6.43. The number of hydrogen-bond acceptors (Lipinski definition) is 6. The van der Waals surface area contributed by atoms with Crippen LogP contribution in [0.15, 0.2) is 53.3 Å². The number of nitrogens with zero attached hydrogens (tertiary/aromatic N) is 2. The molecular weight excluding hydrogens is 376 g/mol. The Morgan fingerprint density at radius 3 is 2.59 bits per heavy atom. The maximum absolute atomic E-state index is 12.5. The van der Waals surface area contributed by atoms with Crippen molar-refractivity contribution in [2.45, 2.75) is 6.42 Å². The number of H-pyrrole nitrogens is 1. The second-order valence-corrected chi connectivity index (χ2v) is 6.43. The highest BCUT2D eigenvalue weighted by Gasteiger charge is 2.27. The molecule has 2 N–H and O–H groups in total. The second kappa shape index (κ2) is 7.55. The highest BCUT2D eigenvalue weighted by molar-refractivity contribution is 6.10. The van der Waals surface area contributed by atoms with E-state index in [9.17, 15) is 19.2 Å². The largest absolute Gasteiger partial charge is 0.455 e. The third kappa shape index (κ3) is 3.70. The van der Waals surface area contributed by atoms with Gasteiger partial charge in [-0.3, -0.25) is 24.1 Å². The minimum absolute atomic E-state index is 0.153. The van der Waals surface area contributed by atoms with Crippen molar-refractivity contribution in [2.24, 2.45) is 0 Å². The number of esters is 1. The number of aromatic nitrogens is 2. The predicted octanol–water partition coefficient (Wildman–Crippen LogP) is 0.994. The molecule has 2 aromatic carbocycles. The molecule has 0 bridgehead atoms. The summed E-state index contributed by atoms with van der Waals surface area (Å²) < 4.78 is 5.10. The van der Waals surface area contributed by atoms with Crippen LogP contribution in [-0.2, 0) is 25.5 Å². The first-order chi connectivity index (χ1) is 14.0. The number of benzene rings is 2. The highest BCUT2D eigenvalue weighted by atomic mass is 16.5. The van der Waals surface area contributed by atoms with E-state index >= 15 is 0 Å². The molecule has 0 saturated carbocycles. The number of anilines is 2. The van der Waals surface area contributed by atoms with Crippen molar-refractivity contribution in [1.82, 2.24) is 10.2 Å². The Balaban J connectivity index is 1.45. The normalized spacial score (nSPS) is 13.0. The molecule has 1 aliphatic heterocycles. The van der Waals surface area contributed by atoms with E-state index in [0.717, 1.165) is 0 Å². The van der Waals surface area contributed by atoms with Crippen molar-refractivity contribution in [2.75, 3.05) is 23.4 Å². The zero-order valence-corrected chi connectivity index (χ0v) is 15.2. The van der Waals surface area contributed by atoms with E-state index in [1.165, 1.54) is 4.90 Å². The molecular formula is C20H16N4O5. The summed E-state index contributed by atoms with van der Waals surface area (Å²) >= 11 is 0. The fourth-order valence-electron chi connectivity index (χ4n) is 3.17. The van der Waals surface area contributed by atoms with Crippen LogP contribution < -0.4 is 15.8 Å². The zero-order valence-electron chi connectivity index (χ0n) is 15.2. The van der Waals surface area contributed by atoms with Gasteiger partial charge in [0.2, 0.25) is 5.91 Å². The minimum Gasteiger partial charge on any atom is -0.455 e. The summed E-state index contributed by atoms with van der Waals surface area (Å²) in [7, 11) is 0. The lowest BCUT2D eigenvalue weighted by Crippen LogP contribution is -2.44. The quantitative estimate of drug-likeness (QED) is 0.639. The molecule has 1 aliphatic rings. The molecule has 2 heterocycles. The third-order valence-electron chi connectivity index (χ3n) is 4.52. The Labute approximate surface area is 164 Å². The summed E-state index contributed by atoms with van der Waals surface area (Å²) in [6.45, 7) is -0.665. The molecule has 0 atom stereocenters. The Kier molecular flexibility index (Phi) is 4.78. The van der Waals surface area contributed by atoms with Gasteiger partial charge in [-0.05, 0) is 18.2 Å². The molecule has 4 rings (SSSR count). The molecule has 0 aliphatic carbocycles. The van der Waals surface area contributed by atoms with Gasteiger partial charge in [0.25, 0.3) is 11.5 Å².